The summed E-state index contributed by atoms with van der Waals surface area (Å²) in [5.74, 6) is 0.871. The predicted octanol–water partition coefficient (Wildman–Crippen LogP) is 6.10. The normalized spacial score (nSPS) is 11.0. The van der Waals surface area contributed by atoms with E-state index in [0.29, 0.717) is 17.1 Å². The molecule has 0 radical (unpaired) electrons. The number of hydrogen-bond donors (Lipinski definition) is 2. The molecule has 0 fully saturated rings. The zero-order valence-electron chi connectivity index (χ0n) is 21.5. The SMILES string of the molecule is Cc1cn(-c2ccc3cc(NC(=O)Nc4ccc(Oc5ccnc(-c6cnn(C)c6)c5)cc4F)ccc3n2)cn1. The Morgan fingerprint density at radius 3 is 2.60 bits per heavy atom. The number of imidazole rings is 1. The highest BCUT2D eigenvalue weighted by atomic mass is 19.1. The van der Waals surface area contributed by atoms with Crippen LogP contribution in [0.25, 0.3) is 28.0 Å². The molecule has 2 amide bonds. The van der Waals surface area contributed by atoms with E-state index >= 15 is 0 Å². The summed E-state index contributed by atoms with van der Waals surface area (Å²) in [6, 6.07) is 16.2. The fourth-order valence-electron chi connectivity index (χ4n) is 4.15. The summed E-state index contributed by atoms with van der Waals surface area (Å²) in [5.41, 5.74) is 3.73. The van der Waals surface area contributed by atoms with Crippen molar-refractivity contribution in [2.75, 3.05) is 10.6 Å². The van der Waals surface area contributed by atoms with Gasteiger partial charge in [-0.05, 0) is 55.5 Å². The first-order chi connectivity index (χ1) is 19.4. The van der Waals surface area contributed by atoms with Crippen LogP contribution in [0.15, 0.2) is 91.8 Å². The Bertz CT molecular complexity index is 1860. The van der Waals surface area contributed by atoms with Gasteiger partial charge in [-0.1, -0.05) is 0 Å². The van der Waals surface area contributed by atoms with Gasteiger partial charge in [0.2, 0.25) is 0 Å². The molecule has 2 aromatic carbocycles. The maximum absolute atomic E-state index is 14.8. The Labute approximate surface area is 228 Å². The lowest BCUT2D eigenvalue weighted by Gasteiger charge is -2.11. The second-order valence-electron chi connectivity index (χ2n) is 9.10. The van der Waals surface area contributed by atoms with Crippen LogP contribution in [0.4, 0.5) is 20.6 Å². The minimum Gasteiger partial charge on any atom is -0.457 e. The number of pyridine rings is 2. The van der Waals surface area contributed by atoms with Gasteiger partial charge < -0.3 is 15.4 Å². The molecule has 10 nitrogen and oxygen atoms in total. The van der Waals surface area contributed by atoms with Gasteiger partial charge in [-0.25, -0.2) is 19.2 Å². The van der Waals surface area contributed by atoms with E-state index in [1.807, 2.05) is 49.1 Å². The van der Waals surface area contributed by atoms with Crippen LogP contribution in [0.1, 0.15) is 5.69 Å². The smallest absolute Gasteiger partial charge is 0.323 e. The van der Waals surface area contributed by atoms with Crippen molar-refractivity contribution in [1.29, 1.82) is 0 Å². The summed E-state index contributed by atoms with van der Waals surface area (Å²) in [6.07, 6.45) is 8.75. The Kier molecular flexibility index (Phi) is 6.37. The fourth-order valence-corrected chi connectivity index (χ4v) is 4.15. The molecular formula is C29H23FN8O2. The molecule has 0 saturated carbocycles. The van der Waals surface area contributed by atoms with Crippen molar-refractivity contribution in [2.24, 2.45) is 7.05 Å². The minimum absolute atomic E-state index is 0.0124. The number of anilines is 2. The Hall–Kier alpha value is -5.58. The molecule has 40 heavy (non-hydrogen) atoms. The molecule has 4 heterocycles. The summed E-state index contributed by atoms with van der Waals surface area (Å²) >= 11 is 0. The van der Waals surface area contributed by atoms with Gasteiger partial charge >= 0.3 is 6.03 Å². The second kappa shape index (κ2) is 10.3. The molecule has 0 spiro atoms. The fraction of sp³-hybridized carbons (Fsp3) is 0.0690. The summed E-state index contributed by atoms with van der Waals surface area (Å²) in [4.78, 5) is 25.8. The highest BCUT2D eigenvalue weighted by Gasteiger charge is 2.11. The maximum atomic E-state index is 14.8. The summed E-state index contributed by atoms with van der Waals surface area (Å²) in [7, 11) is 1.82. The molecule has 0 aliphatic carbocycles. The molecule has 0 saturated heterocycles. The molecule has 6 rings (SSSR count). The van der Waals surface area contributed by atoms with E-state index in [1.165, 1.54) is 12.1 Å². The molecular weight excluding hydrogens is 511 g/mol. The number of rotatable bonds is 6. The number of amides is 2. The van der Waals surface area contributed by atoms with Crippen molar-refractivity contribution in [3.05, 3.63) is 103 Å². The topological polar surface area (TPSA) is 112 Å². The number of carbonyl (C=O) groups is 1. The van der Waals surface area contributed by atoms with Crippen molar-refractivity contribution in [3.63, 3.8) is 0 Å². The Balaban J connectivity index is 1.11. The number of halogens is 1. The van der Waals surface area contributed by atoms with Gasteiger partial charge in [-0.2, -0.15) is 5.10 Å². The van der Waals surface area contributed by atoms with E-state index in [9.17, 15) is 9.18 Å². The van der Waals surface area contributed by atoms with E-state index in [4.69, 9.17) is 4.74 Å². The predicted molar refractivity (Wildman–Crippen MR) is 149 cm³/mol. The molecule has 0 aliphatic heterocycles. The zero-order valence-corrected chi connectivity index (χ0v) is 21.5. The largest absolute Gasteiger partial charge is 0.457 e. The molecule has 11 heteroatoms. The lowest BCUT2D eigenvalue weighted by atomic mass is 10.2. The maximum Gasteiger partial charge on any atom is 0.323 e. The monoisotopic (exact) mass is 534 g/mol. The number of hydrogen-bond acceptors (Lipinski definition) is 6. The molecule has 2 N–H and O–H groups in total. The van der Waals surface area contributed by atoms with E-state index < -0.39 is 11.8 Å². The van der Waals surface area contributed by atoms with Gasteiger partial charge in [0.25, 0.3) is 0 Å². The van der Waals surface area contributed by atoms with Gasteiger partial charge in [0.05, 0.1) is 28.8 Å². The molecule has 4 aromatic heterocycles. The van der Waals surface area contributed by atoms with Crippen LogP contribution in [0, 0.1) is 12.7 Å². The van der Waals surface area contributed by atoms with E-state index in [2.05, 4.69) is 30.7 Å². The first-order valence-electron chi connectivity index (χ1n) is 12.3. The van der Waals surface area contributed by atoms with Crippen LogP contribution in [-0.2, 0) is 7.05 Å². The lowest BCUT2D eigenvalue weighted by Crippen LogP contribution is -2.20. The first kappa shape index (κ1) is 24.7. The van der Waals surface area contributed by atoms with Crippen LogP contribution >= 0.6 is 0 Å². The number of urea groups is 1. The van der Waals surface area contributed by atoms with Crippen LogP contribution in [0.2, 0.25) is 0 Å². The second-order valence-corrected chi connectivity index (χ2v) is 9.10. The van der Waals surface area contributed by atoms with Crippen LogP contribution < -0.4 is 15.4 Å². The Morgan fingerprint density at radius 2 is 1.82 bits per heavy atom. The quantitative estimate of drug-likeness (QED) is 0.267. The summed E-state index contributed by atoms with van der Waals surface area (Å²) in [6.45, 7) is 1.91. The lowest BCUT2D eigenvalue weighted by molar-refractivity contribution is 0.262. The standard InChI is InChI=1S/C29H23FN8O2/c1-18-15-38(17-32-18)28-8-3-19-11-21(4-6-25(19)35-28)34-29(39)36-26-7-5-22(12-24(26)30)40-23-9-10-31-27(13-23)20-14-33-37(2)16-20/h3-17H,1-2H3,(H2,34,36,39). The first-order valence-corrected chi connectivity index (χ1v) is 12.3. The Morgan fingerprint density at radius 1 is 0.950 bits per heavy atom. The van der Waals surface area contributed by atoms with Crippen molar-refractivity contribution < 1.29 is 13.9 Å². The molecule has 0 bridgehead atoms. The highest BCUT2D eigenvalue weighted by molar-refractivity contribution is 6.01. The number of benzene rings is 2. The van der Waals surface area contributed by atoms with Crippen LogP contribution in [0.5, 0.6) is 11.5 Å². The number of nitrogens with zero attached hydrogens (tertiary/aromatic N) is 6. The van der Waals surface area contributed by atoms with Crippen molar-refractivity contribution in [2.45, 2.75) is 6.92 Å². The van der Waals surface area contributed by atoms with Crippen molar-refractivity contribution in [3.8, 4) is 28.6 Å². The van der Waals surface area contributed by atoms with Crippen LogP contribution in [0.3, 0.4) is 0 Å². The molecule has 0 atom stereocenters. The molecule has 0 aliphatic rings. The average Bonchev–Trinajstić information content (AvgIpc) is 3.58. The third-order valence-corrected chi connectivity index (χ3v) is 6.07. The number of aromatic nitrogens is 6. The van der Waals surface area contributed by atoms with E-state index in [-0.39, 0.29) is 11.4 Å². The van der Waals surface area contributed by atoms with Gasteiger partial charge in [-0.3, -0.25) is 14.2 Å². The highest BCUT2D eigenvalue weighted by Crippen LogP contribution is 2.28. The minimum atomic E-state index is -0.640. The summed E-state index contributed by atoms with van der Waals surface area (Å²) in [5, 5.41) is 10.3. The van der Waals surface area contributed by atoms with Crippen LogP contribution in [-0.4, -0.2) is 35.3 Å². The number of nitrogens with one attached hydrogen (secondary N) is 2. The number of ether oxygens (including phenoxy) is 1. The van der Waals surface area contributed by atoms with Crippen molar-refractivity contribution >= 4 is 28.3 Å². The third-order valence-electron chi connectivity index (χ3n) is 6.07. The molecule has 198 valence electrons. The third kappa shape index (κ3) is 5.34. The molecule has 0 unspecified atom stereocenters. The summed E-state index contributed by atoms with van der Waals surface area (Å²) < 4.78 is 24.2. The van der Waals surface area contributed by atoms with Gasteiger partial charge in [0.15, 0.2) is 0 Å². The van der Waals surface area contributed by atoms with Gasteiger partial charge in [0, 0.05) is 54.4 Å². The van der Waals surface area contributed by atoms with Gasteiger partial charge in [-0.15, -0.1) is 0 Å². The van der Waals surface area contributed by atoms with Gasteiger partial charge in [0.1, 0.15) is 29.5 Å². The average molecular weight is 535 g/mol. The number of aryl methyl sites for hydroxylation is 2. The number of carbonyl (C=O) groups excluding carboxylic acids is 1. The number of fused-ring (bicyclic) bond motifs is 1. The zero-order chi connectivity index (χ0) is 27.6. The van der Waals surface area contributed by atoms with Crippen molar-refractivity contribution in [1.82, 2.24) is 29.3 Å². The molecule has 6 aromatic rings. The van der Waals surface area contributed by atoms with E-state index in [1.54, 1.807) is 53.7 Å². The van der Waals surface area contributed by atoms with E-state index in [0.717, 1.165) is 28.0 Å².